The first-order valence-corrected chi connectivity index (χ1v) is 15.0. The van der Waals surface area contributed by atoms with E-state index in [0.29, 0.717) is 0 Å². The summed E-state index contributed by atoms with van der Waals surface area (Å²) in [4.78, 5) is 5.12. The Morgan fingerprint density at radius 3 is 1.75 bits per heavy atom. The largest absolute Gasteiger partial charge is 0.309 e. The molecule has 206 valence electrons. The molecule has 3 nitrogen and oxygen atoms in total. The number of nitrogens with zero attached hydrogens (tertiary/aromatic N) is 3. The lowest BCUT2D eigenvalue weighted by Gasteiger charge is -2.13. The molecule has 44 heavy (non-hydrogen) atoms. The van der Waals surface area contributed by atoms with E-state index in [9.17, 15) is 0 Å². The molecule has 0 fully saturated rings. The molecule has 0 unspecified atom stereocenters. The fourth-order valence-corrected chi connectivity index (χ4v) is 6.88. The van der Waals surface area contributed by atoms with Gasteiger partial charge in [-0.25, -0.2) is 0 Å². The summed E-state index contributed by atoms with van der Waals surface area (Å²) < 4.78 is 4.76. The second-order valence-electron chi connectivity index (χ2n) is 11.2. The third kappa shape index (κ3) is 3.66. The summed E-state index contributed by atoms with van der Waals surface area (Å²) in [5, 5.41) is 4.81. The van der Waals surface area contributed by atoms with Gasteiger partial charge in [0.25, 0.3) is 0 Å². The van der Waals surface area contributed by atoms with Gasteiger partial charge in [0.15, 0.2) is 0 Å². The summed E-state index contributed by atoms with van der Waals surface area (Å²) in [5.41, 5.74) is 11.5. The second-order valence-corrected chi connectivity index (χ2v) is 11.2. The minimum atomic E-state index is 0.990. The van der Waals surface area contributed by atoms with Gasteiger partial charge in [0.1, 0.15) is 0 Å². The fourth-order valence-electron chi connectivity index (χ4n) is 6.88. The third-order valence-electron chi connectivity index (χ3n) is 8.78. The normalized spacial score (nSPS) is 11.6. The lowest BCUT2D eigenvalue weighted by molar-refractivity contribution is 1.17. The van der Waals surface area contributed by atoms with E-state index in [2.05, 4.69) is 167 Å². The molecule has 3 heterocycles. The number of benzene rings is 6. The molecule has 0 atom stereocenters. The molecule has 0 N–H and O–H groups in total. The Bertz CT molecular complexity index is 2470. The SMILES string of the molecule is c1ccc(-c2ccc(-n3c4ccccc4c4cccc(-c5nccc6c5c5ccccc5n6-c5ccccc5)c43)cc2)cc1. The lowest BCUT2D eigenvalue weighted by Crippen LogP contribution is -1.97. The van der Waals surface area contributed by atoms with Crippen molar-refractivity contribution in [2.45, 2.75) is 0 Å². The van der Waals surface area contributed by atoms with E-state index >= 15 is 0 Å². The van der Waals surface area contributed by atoms with Crippen molar-refractivity contribution in [1.82, 2.24) is 14.1 Å². The Labute approximate surface area is 254 Å². The van der Waals surface area contributed by atoms with Crippen molar-refractivity contribution in [3.8, 4) is 33.8 Å². The quantitative estimate of drug-likeness (QED) is 0.210. The topological polar surface area (TPSA) is 22.8 Å². The van der Waals surface area contributed by atoms with Gasteiger partial charge in [-0.1, -0.05) is 115 Å². The maximum absolute atomic E-state index is 5.12. The fraction of sp³-hybridized carbons (Fsp3) is 0. The molecule has 0 aliphatic heterocycles. The molecule has 0 bridgehead atoms. The predicted molar refractivity (Wildman–Crippen MR) is 184 cm³/mol. The van der Waals surface area contributed by atoms with Crippen LogP contribution < -0.4 is 0 Å². The highest BCUT2D eigenvalue weighted by atomic mass is 15.0. The van der Waals surface area contributed by atoms with Crippen LogP contribution in [0.15, 0.2) is 164 Å². The van der Waals surface area contributed by atoms with Crippen LogP contribution in [0.5, 0.6) is 0 Å². The summed E-state index contributed by atoms with van der Waals surface area (Å²) in [6, 6.07) is 56.2. The standard InChI is InChI=1S/C41H27N3/c1-3-12-28(13-4-1)29-22-24-31(25-23-29)44-36-20-9-7-16-32(36)33-18-11-19-35(41(33)44)40-39-34-17-8-10-21-37(34)43(38(39)26-27-42-40)30-14-5-2-6-15-30/h1-27H. The van der Waals surface area contributed by atoms with Crippen molar-refractivity contribution in [2.75, 3.05) is 0 Å². The van der Waals surface area contributed by atoms with Crippen LogP contribution in [0.1, 0.15) is 0 Å². The van der Waals surface area contributed by atoms with Crippen LogP contribution >= 0.6 is 0 Å². The first-order valence-electron chi connectivity index (χ1n) is 15.0. The summed E-state index contributed by atoms with van der Waals surface area (Å²) >= 11 is 0. The maximum atomic E-state index is 5.12. The Hall–Kier alpha value is -5.93. The van der Waals surface area contributed by atoms with Gasteiger partial charge in [-0.15, -0.1) is 0 Å². The van der Waals surface area contributed by atoms with E-state index in [-0.39, 0.29) is 0 Å². The Balaban J connectivity index is 1.36. The molecular weight excluding hydrogens is 534 g/mol. The van der Waals surface area contributed by atoms with Crippen LogP contribution in [0, 0.1) is 0 Å². The first kappa shape index (κ1) is 24.6. The molecule has 0 radical (unpaired) electrons. The third-order valence-corrected chi connectivity index (χ3v) is 8.78. The summed E-state index contributed by atoms with van der Waals surface area (Å²) in [7, 11) is 0. The highest BCUT2D eigenvalue weighted by molar-refractivity contribution is 6.19. The molecule has 3 heteroatoms. The van der Waals surface area contributed by atoms with Crippen LogP contribution in [0.2, 0.25) is 0 Å². The number of aromatic nitrogens is 3. The first-order chi connectivity index (χ1) is 21.9. The van der Waals surface area contributed by atoms with Gasteiger partial charge in [-0.2, -0.15) is 0 Å². The Kier molecular flexibility index (Phi) is 5.50. The Morgan fingerprint density at radius 2 is 0.977 bits per heavy atom. The van der Waals surface area contributed by atoms with Crippen LogP contribution in [-0.2, 0) is 0 Å². The Morgan fingerprint density at radius 1 is 0.386 bits per heavy atom. The number of para-hydroxylation sites is 4. The van der Waals surface area contributed by atoms with E-state index in [4.69, 9.17) is 4.98 Å². The molecule has 0 spiro atoms. The van der Waals surface area contributed by atoms with E-state index in [1.807, 2.05) is 6.20 Å². The number of rotatable bonds is 4. The van der Waals surface area contributed by atoms with Crippen molar-refractivity contribution in [3.63, 3.8) is 0 Å². The summed E-state index contributed by atoms with van der Waals surface area (Å²) in [6.45, 7) is 0. The van der Waals surface area contributed by atoms with Crippen molar-refractivity contribution < 1.29 is 0 Å². The highest BCUT2D eigenvalue weighted by Crippen LogP contribution is 2.42. The van der Waals surface area contributed by atoms with E-state index in [0.717, 1.165) is 39.1 Å². The zero-order valence-corrected chi connectivity index (χ0v) is 23.9. The van der Waals surface area contributed by atoms with Crippen LogP contribution in [0.3, 0.4) is 0 Å². The van der Waals surface area contributed by atoms with Crippen LogP contribution in [-0.4, -0.2) is 14.1 Å². The maximum Gasteiger partial charge on any atom is 0.0823 e. The highest BCUT2D eigenvalue weighted by Gasteiger charge is 2.21. The predicted octanol–water partition coefficient (Wildman–Crippen LogP) is 10.6. The number of hydrogen-bond donors (Lipinski definition) is 0. The zero-order chi connectivity index (χ0) is 29.0. The van der Waals surface area contributed by atoms with E-state index < -0.39 is 0 Å². The number of fused-ring (bicyclic) bond motifs is 6. The van der Waals surface area contributed by atoms with Gasteiger partial charge < -0.3 is 9.13 Å². The molecule has 9 rings (SSSR count). The van der Waals surface area contributed by atoms with Gasteiger partial charge in [-0.3, -0.25) is 4.98 Å². The van der Waals surface area contributed by atoms with Crippen molar-refractivity contribution in [1.29, 1.82) is 0 Å². The van der Waals surface area contributed by atoms with Crippen LogP contribution in [0.4, 0.5) is 0 Å². The number of hydrogen-bond acceptors (Lipinski definition) is 1. The molecule has 0 saturated carbocycles. The summed E-state index contributed by atoms with van der Waals surface area (Å²) in [6.07, 6.45) is 1.95. The van der Waals surface area contributed by atoms with Crippen molar-refractivity contribution in [2.24, 2.45) is 0 Å². The minimum Gasteiger partial charge on any atom is -0.309 e. The van der Waals surface area contributed by atoms with Crippen molar-refractivity contribution in [3.05, 3.63) is 164 Å². The van der Waals surface area contributed by atoms with Crippen molar-refractivity contribution >= 4 is 43.6 Å². The van der Waals surface area contributed by atoms with Gasteiger partial charge in [0, 0.05) is 44.7 Å². The molecule has 6 aromatic carbocycles. The average molecular weight is 562 g/mol. The molecule has 3 aromatic heterocycles. The van der Waals surface area contributed by atoms with E-state index in [1.165, 1.54) is 38.3 Å². The lowest BCUT2D eigenvalue weighted by atomic mass is 10.0. The summed E-state index contributed by atoms with van der Waals surface area (Å²) in [5.74, 6) is 0. The van der Waals surface area contributed by atoms with Gasteiger partial charge in [-0.05, 0) is 53.6 Å². The molecule has 0 saturated heterocycles. The van der Waals surface area contributed by atoms with E-state index in [1.54, 1.807) is 0 Å². The zero-order valence-electron chi connectivity index (χ0n) is 23.9. The molecule has 0 aliphatic rings. The second kappa shape index (κ2) is 9.82. The molecule has 0 amide bonds. The molecule has 9 aromatic rings. The average Bonchev–Trinajstić information content (AvgIpc) is 3.62. The van der Waals surface area contributed by atoms with Crippen LogP contribution in [0.25, 0.3) is 77.4 Å². The van der Waals surface area contributed by atoms with Gasteiger partial charge >= 0.3 is 0 Å². The molecular formula is C41H27N3. The smallest absolute Gasteiger partial charge is 0.0823 e. The molecule has 0 aliphatic carbocycles. The monoisotopic (exact) mass is 561 g/mol. The van der Waals surface area contributed by atoms with Gasteiger partial charge in [0.05, 0.1) is 27.8 Å². The minimum absolute atomic E-state index is 0.990. The van der Waals surface area contributed by atoms with Gasteiger partial charge in [0.2, 0.25) is 0 Å². The number of pyridine rings is 1.